The van der Waals surface area contributed by atoms with Crippen LogP contribution in [0.4, 0.5) is 5.95 Å². The van der Waals surface area contributed by atoms with E-state index in [-0.39, 0.29) is 0 Å². The number of aromatic nitrogens is 2. The highest BCUT2D eigenvalue weighted by Gasteiger charge is 2.02. The van der Waals surface area contributed by atoms with Crippen molar-refractivity contribution in [2.45, 2.75) is 59.3 Å². The van der Waals surface area contributed by atoms with Crippen molar-refractivity contribution in [3.63, 3.8) is 0 Å². The molecule has 1 rings (SSSR count). The second-order valence-electron chi connectivity index (χ2n) is 4.86. The zero-order valence-corrected chi connectivity index (χ0v) is 12.5. The van der Waals surface area contributed by atoms with Crippen molar-refractivity contribution in [3.8, 4) is 5.88 Å². The number of hydrogen-bond donors (Lipinski definition) is 1. The minimum Gasteiger partial charge on any atom is -0.478 e. The first-order valence-electron chi connectivity index (χ1n) is 7.48. The summed E-state index contributed by atoms with van der Waals surface area (Å²) in [7, 11) is 0. The molecule has 0 bridgehead atoms. The number of unbranched alkanes of at least 4 members (excludes halogenated alkanes) is 4. The molecule has 1 aromatic rings. The lowest BCUT2D eigenvalue weighted by Gasteiger charge is -2.08. The summed E-state index contributed by atoms with van der Waals surface area (Å²) in [6, 6.07) is 1.89. The van der Waals surface area contributed by atoms with Crippen LogP contribution in [0.2, 0.25) is 0 Å². The third kappa shape index (κ3) is 6.99. The van der Waals surface area contributed by atoms with Crippen LogP contribution in [0.5, 0.6) is 5.88 Å². The molecule has 0 fully saturated rings. The van der Waals surface area contributed by atoms with Crippen LogP contribution in [0, 0.1) is 6.92 Å². The van der Waals surface area contributed by atoms with Gasteiger partial charge < -0.3 is 10.1 Å². The highest BCUT2D eigenvalue weighted by Crippen LogP contribution is 2.13. The van der Waals surface area contributed by atoms with Crippen LogP contribution < -0.4 is 10.1 Å². The summed E-state index contributed by atoms with van der Waals surface area (Å²) in [5, 5.41) is 3.19. The average molecular weight is 265 g/mol. The second-order valence-corrected chi connectivity index (χ2v) is 4.86. The van der Waals surface area contributed by atoms with Gasteiger partial charge in [0.25, 0.3) is 0 Å². The zero-order chi connectivity index (χ0) is 13.9. The Bertz CT molecular complexity index is 355. The Morgan fingerprint density at radius 3 is 2.58 bits per heavy atom. The lowest BCUT2D eigenvalue weighted by atomic mass is 10.2. The summed E-state index contributed by atoms with van der Waals surface area (Å²) < 4.78 is 5.70. The molecule has 0 unspecified atom stereocenters. The van der Waals surface area contributed by atoms with E-state index in [4.69, 9.17) is 4.74 Å². The molecule has 0 aromatic carbocycles. The Kier molecular flexibility index (Phi) is 7.94. The smallest absolute Gasteiger partial charge is 0.226 e. The van der Waals surface area contributed by atoms with E-state index in [1.165, 1.54) is 25.7 Å². The summed E-state index contributed by atoms with van der Waals surface area (Å²) in [5.74, 6) is 1.35. The summed E-state index contributed by atoms with van der Waals surface area (Å²) in [6.07, 6.45) is 7.28. The fourth-order valence-corrected chi connectivity index (χ4v) is 1.81. The van der Waals surface area contributed by atoms with Crippen LogP contribution in [0.1, 0.15) is 58.1 Å². The molecule has 0 spiro atoms. The maximum absolute atomic E-state index is 5.70. The van der Waals surface area contributed by atoms with Gasteiger partial charge in [0, 0.05) is 18.3 Å². The van der Waals surface area contributed by atoms with Gasteiger partial charge in [0.1, 0.15) is 0 Å². The van der Waals surface area contributed by atoms with Gasteiger partial charge in [-0.1, -0.05) is 39.5 Å². The molecule has 0 atom stereocenters. The number of anilines is 1. The first-order chi connectivity index (χ1) is 9.26. The van der Waals surface area contributed by atoms with E-state index < -0.39 is 0 Å². The molecule has 0 radical (unpaired) electrons. The van der Waals surface area contributed by atoms with Crippen molar-refractivity contribution in [1.82, 2.24) is 9.97 Å². The Morgan fingerprint density at radius 1 is 1.05 bits per heavy atom. The standard InChI is InChI=1S/C15H27N3O/c1-4-6-7-8-9-11-19-14-12-13(3)17-15(18-14)16-10-5-2/h12H,4-11H2,1-3H3,(H,16,17,18). The molecule has 0 aliphatic rings. The Labute approximate surface area is 117 Å². The predicted molar refractivity (Wildman–Crippen MR) is 79.8 cm³/mol. The first kappa shape index (κ1) is 15.7. The molecule has 4 heteroatoms. The summed E-state index contributed by atoms with van der Waals surface area (Å²) in [6.45, 7) is 7.95. The second kappa shape index (κ2) is 9.59. The van der Waals surface area contributed by atoms with Crippen LogP contribution in [-0.2, 0) is 0 Å². The van der Waals surface area contributed by atoms with E-state index >= 15 is 0 Å². The third-order valence-corrected chi connectivity index (χ3v) is 2.86. The van der Waals surface area contributed by atoms with Crippen molar-refractivity contribution in [1.29, 1.82) is 0 Å². The van der Waals surface area contributed by atoms with E-state index in [1.54, 1.807) is 0 Å². The molecule has 0 aliphatic heterocycles. The van der Waals surface area contributed by atoms with Crippen LogP contribution >= 0.6 is 0 Å². The third-order valence-electron chi connectivity index (χ3n) is 2.86. The van der Waals surface area contributed by atoms with Gasteiger partial charge in [-0.2, -0.15) is 4.98 Å². The lowest BCUT2D eigenvalue weighted by Crippen LogP contribution is -2.07. The SMILES string of the molecule is CCCCCCCOc1cc(C)nc(NCCC)n1. The van der Waals surface area contributed by atoms with Crippen molar-refractivity contribution in [2.24, 2.45) is 0 Å². The van der Waals surface area contributed by atoms with E-state index in [9.17, 15) is 0 Å². The molecule has 1 heterocycles. The summed E-state index contributed by atoms with van der Waals surface area (Å²) >= 11 is 0. The zero-order valence-electron chi connectivity index (χ0n) is 12.5. The summed E-state index contributed by atoms with van der Waals surface area (Å²) in [5.41, 5.74) is 0.939. The molecule has 4 nitrogen and oxygen atoms in total. The van der Waals surface area contributed by atoms with Gasteiger partial charge >= 0.3 is 0 Å². The molecule has 0 aliphatic carbocycles. The first-order valence-corrected chi connectivity index (χ1v) is 7.48. The quantitative estimate of drug-likeness (QED) is 0.651. The summed E-state index contributed by atoms with van der Waals surface area (Å²) in [4.78, 5) is 8.70. The Morgan fingerprint density at radius 2 is 1.84 bits per heavy atom. The van der Waals surface area contributed by atoms with Crippen LogP contribution in [0.25, 0.3) is 0 Å². The Balaban J connectivity index is 2.34. The highest BCUT2D eigenvalue weighted by molar-refractivity contribution is 5.30. The number of ether oxygens (including phenoxy) is 1. The van der Waals surface area contributed by atoms with Crippen molar-refractivity contribution in [3.05, 3.63) is 11.8 Å². The minimum absolute atomic E-state index is 0.669. The average Bonchev–Trinajstić information content (AvgIpc) is 2.40. The molecule has 0 saturated carbocycles. The van der Waals surface area contributed by atoms with E-state index in [2.05, 4.69) is 29.1 Å². The number of nitrogens with zero attached hydrogens (tertiary/aromatic N) is 2. The molecular weight excluding hydrogens is 238 g/mol. The number of nitrogens with one attached hydrogen (secondary N) is 1. The van der Waals surface area contributed by atoms with Crippen LogP contribution in [-0.4, -0.2) is 23.1 Å². The van der Waals surface area contributed by atoms with E-state index in [1.807, 2.05) is 13.0 Å². The van der Waals surface area contributed by atoms with E-state index in [0.717, 1.165) is 31.7 Å². The van der Waals surface area contributed by atoms with E-state index in [0.29, 0.717) is 11.8 Å². The van der Waals surface area contributed by atoms with Gasteiger partial charge in [-0.15, -0.1) is 0 Å². The number of rotatable bonds is 10. The maximum Gasteiger partial charge on any atom is 0.226 e. The van der Waals surface area contributed by atoms with Gasteiger partial charge in [-0.25, -0.2) is 4.98 Å². The molecule has 1 N–H and O–H groups in total. The van der Waals surface area contributed by atoms with Crippen LogP contribution in [0.15, 0.2) is 6.07 Å². The monoisotopic (exact) mass is 265 g/mol. The minimum atomic E-state index is 0.669. The van der Waals surface area contributed by atoms with Gasteiger partial charge in [0.15, 0.2) is 0 Å². The lowest BCUT2D eigenvalue weighted by molar-refractivity contribution is 0.293. The normalized spacial score (nSPS) is 10.5. The fourth-order valence-electron chi connectivity index (χ4n) is 1.81. The van der Waals surface area contributed by atoms with Gasteiger partial charge in [-0.05, 0) is 19.8 Å². The fraction of sp³-hybridized carbons (Fsp3) is 0.733. The van der Waals surface area contributed by atoms with Crippen molar-refractivity contribution >= 4 is 5.95 Å². The van der Waals surface area contributed by atoms with Gasteiger partial charge in [0.2, 0.25) is 11.8 Å². The largest absolute Gasteiger partial charge is 0.478 e. The number of hydrogen-bond acceptors (Lipinski definition) is 4. The topological polar surface area (TPSA) is 47.0 Å². The molecular formula is C15H27N3O. The van der Waals surface area contributed by atoms with Gasteiger partial charge in [0.05, 0.1) is 6.61 Å². The molecule has 108 valence electrons. The van der Waals surface area contributed by atoms with Gasteiger partial charge in [-0.3, -0.25) is 0 Å². The van der Waals surface area contributed by atoms with Crippen molar-refractivity contribution in [2.75, 3.05) is 18.5 Å². The molecule has 19 heavy (non-hydrogen) atoms. The molecule has 1 aromatic heterocycles. The Hall–Kier alpha value is -1.32. The van der Waals surface area contributed by atoms with Crippen molar-refractivity contribution < 1.29 is 4.74 Å². The highest BCUT2D eigenvalue weighted by atomic mass is 16.5. The number of aryl methyl sites for hydroxylation is 1. The van der Waals surface area contributed by atoms with Crippen LogP contribution in [0.3, 0.4) is 0 Å². The molecule has 0 amide bonds. The molecule has 0 saturated heterocycles. The predicted octanol–water partition coefficient (Wildman–Crippen LogP) is 3.96. The maximum atomic E-state index is 5.70.